The summed E-state index contributed by atoms with van der Waals surface area (Å²) in [7, 11) is 0. The van der Waals surface area contributed by atoms with Crippen molar-refractivity contribution in [3.05, 3.63) is 18.0 Å². The summed E-state index contributed by atoms with van der Waals surface area (Å²) in [5, 5.41) is 19.3. The number of hydrogen-bond acceptors (Lipinski definition) is 3. The van der Waals surface area contributed by atoms with Gasteiger partial charge in [-0.3, -0.25) is 9.48 Å². The summed E-state index contributed by atoms with van der Waals surface area (Å²) < 4.78 is 2.02. The number of nitrogens with one attached hydrogen (secondary N) is 2. The molecule has 0 spiro atoms. The first-order valence-corrected chi connectivity index (χ1v) is 8.93. The summed E-state index contributed by atoms with van der Waals surface area (Å²) in [5.74, 6) is -0.985. The second kappa shape index (κ2) is 7.68. The molecule has 0 aliphatic heterocycles. The van der Waals surface area contributed by atoms with Crippen molar-refractivity contribution in [1.82, 2.24) is 20.4 Å². The van der Waals surface area contributed by atoms with Crippen molar-refractivity contribution >= 4 is 12.0 Å². The van der Waals surface area contributed by atoms with E-state index >= 15 is 0 Å². The van der Waals surface area contributed by atoms with Crippen LogP contribution in [0.1, 0.15) is 63.1 Å². The molecule has 2 amide bonds. The highest BCUT2D eigenvalue weighted by atomic mass is 16.4. The lowest BCUT2D eigenvalue weighted by Gasteiger charge is -2.26. The fourth-order valence-electron chi connectivity index (χ4n) is 3.74. The van der Waals surface area contributed by atoms with Gasteiger partial charge in [-0.05, 0) is 44.6 Å². The van der Waals surface area contributed by atoms with Crippen LogP contribution >= 0.6 is 0 Å². The zero-order chi connectivity index (χ0) is 16.9. The van der Waals surface area contributed by atoms with Gasteiger partial charge in [0.1, 0.15) is 0 Å². The number of carbonyl (C=O) groups is 2. The second-order valence-corrected chi connectivity index (χ2v) is 6.94. The zero-order valence-corrected chi connectivity index (χ0v) is 13.9. The largest absolute Gasteiger partial charge is 0.481 e. The Bertz CT molecular complexity index is 572. The molecule has 2 fully saturated rings. The first-order chi connectivity index (χ1) is 11.6. The molecule has 0 saturated heterocycles. The Morgan fingerprint density at radius 1 is 1.17 bits per heavy atom. The molecule has 3 N–H and O–H groups in total. The van der Waals surface area contributed by atoms with Gasteiger partial charge < -0.3 is 15.7 Å². The molecule has 1 aromatic rings. The normalized spacial score (nSPS) is 24.7. The van der Waals surface area contributed by atoms with Crippen LogP contribution in [0.25, 0.3) is 0 Å². The maximum Gasteiger partial charge on any atom is 0.315 e. The number of hydrogen-bond donors (Lipinski definition) is 3. The van der Waals surface area contributed by atoms with Crippen molar-refractivity contribution < 1.29 is 14.7 Å². The van der Waals surface area contributed by atoms with Crippen LogP contribution in [-0.2, 0) is 11.3 Å². The molecule has 0 radical (unpaired) electrons. The molecule has 1 aromatic heterocycles. The number of urea groups is 1. The Kier molecular flexibility index (Phi) is 5.37. The van der Waals surface area contributed by atoms with Gasteiger partial charge in [-0.2, -0.15) is 5.10 Å². The fraction of sp³-hybridized carbons (Fsp3) is 0.706. The molecule has 0 bridgehead atoms. The van der Waals surface area contributed by atoms with Crippen LogP contribution in [0.2, 0.25) is 0 Å². The predicted molar refractivity (Wildman–Crippen MR) is 88.5 cm³/mol. The van der Waals surface area contributed by atoms with Crippen molar-refractivity contribution in [3.63, 3.8) is 0 Å². The van der Waals surface area contributed by atoms with Gasteiger partial charge in [-0.1, -0.05) is 12.8 Å². The summed E-state index contributed by atoms with van der Waals surface area (Å²) in [6.07, 6.45) is 9.62. The highest BCUT2D eigenvalue weighted by Gasteiger charge is 2.26. The molecule has 0 aromatic carbocycles. The summed E-state index contributed by atoms with van der Waals surface area (Å²) in [5.41, 5.74) is 0.867. The van der Waals surface area contributed by atoms with E-state index in [0.717, 1.165) is 18.5 Å². The Morgan fingerprint density at radius 3 is 2.54 bits per heavy atom. The van der Waals surface area contributed by atoms with E-state index < -0.39 is 5.97 Å². The van der Waals surface area contributed by atoms with Gasteiger partial charge in [-0.15, -0.1) is 0 Å². The number of carbonyl (C=O) groups excluding carboxylic acids is 1. The molecular weight excluding hydrogens is 308 g/mol. The second-order valence-electron chi connectivity index (χ2n) is 6.94. The average molecular weight is 334 g/mol. The molecule has 132 valence electrons. The summed E-state index contributed by atoms with van der Waals surface area (Å²) in [4.78, 5) is 22.9. The molecule has 7 nitrogen and oxygen atoms in total. The first-order valence-electron chi connectivity index (χ1n) is 8.93. The number of carboxylic acids is 1. The molecule has 0 unspecified atom stereocenters. The van der Waals surface area contributed by atoms with E-state index in [9.17, 15) is 9.59 Å². The van der Waals surface area contributed by atoms with Gasteiger partial charge in [-0.25, -0.2) is 4.79 Å². The summed E-state index contributed by atoms with van der Waals surface area (Å²) in [6, 6.07) is 2.33. The van der Waals surface area contributed by atoms with E-state index in [1.54, 1.807) is 0 Å². The van der Waals surface area contributed by atoms with Gasteiger partial charge in [0, 0.05) is 12.2 Å². The topological polar surface area (TPSA) is 96.3 Å². The number of aliphatic carboxylic acids is 1. The van der Waals surface area contributed by atoms with E-state index in [1.807, 2.05) is 16.9 Å². The molecular formula is C17H26N4O3. The average Bonchev–Trinajstić information content (AvgIpc) is 3.25. The van der Waals surface area contributed by atoms with Crippen molar-refractivity contribution in [2.45, 2.75) is 70.0 Å². The van der Waals surface area contributed by atoms with Crippen LogP contribution in [0.5, 0.6) is 0 Å². The lowest BCUT2D eigenvalue weighted by molar-refractivity contribution is -0.142. The van der Waals surface area contributed by atoms with E-state index in [-0.39, 0.29) is 18.0 Å². The van der Waals surface area contributed by atoms with Gasteiger partial charge >= 0.3 is 12.0 Å². The van der Waals surface area contributed by atoms with Crippen molar-refractivity contribution in [2.75, 3.05) is 0 Å². The van der Waals surface area contributed by atoms with Crippen molar-refractivity contribution in [2.24, 2.45) is 5.92 Å². The lowest BCUT2D eigenvalue weighted by atomic mass is 9.86. The van der Waals surface area contributed by atoms with Crippen LogP contribution < -0.4 is 10.6 Å². The van der Waals surface area contributed by atoms with E-state index in [4.69, 9.17) is 5.11 Å². The van der Waals surface area contributed by atoms with Gasteiger partial charge in [0.2, 0.25) is 0 Å². The standard InChI is InChI=1S/C17H26N4O3/c22-16(23)12-5-7-13(8-6-12)19-17(24)18-11-14-9-10-21(20-14)15-3-1-2-4-15/h9-10,12-13,15H,1-8,11H2,(H,22,23)(H2,18,19,24). The number of nitrogens with zero attached hydrogens (tertiary/aromatic N) is 2. The molecule has 2 aliphatic rings. The van der Waals surface area contributed by atoms with E-state index in [1.165, 1.54) is 25.7 Å². The minimum absolute atomic E-state index is 0.0663. The molecule has 1 heterocycles. The van der Waals surface area contributed by atoms with Gasteiger partial charge in [0.15, 0.2) is 0 Å². The first kappa shape index (κ1) is 16.8. The highest BCUT2D eigenvalue weighted by Crippen LogP contribution is 2.28. The monoisotopic (exact) mass is 334 g/mol. The highest BCUT2D eigenvalue weighted by molar-refractivity contribution is 5.74. The van der Waals surface area contributed by atoms with Gasteiger partial charge in [0.25, 0.3) is 0 Å². The maximum atomic E-state index is 12.0. The van der Waals surface area contributed by atoms with Crippen LogP contribution in [-0.4, -0.2) is 32.9 Å². The molecule has 0 atom stereocenters. The number of aromatic nitrogens is 2. The molecule has 3 rings (SSSR count). The van der Waals surface area contributed by atoms with Crippen LogP contribution in [0, 0.1) is 5.92 Å². The SMILES string of the molecule is O=C(NCc1ccn(C2CCCC2)n1)NC1CCC(C(=O)O)CC1. The van der Waals surface area contributed by atoms with Crippen LogP contribution in [0.3, 0.4) is 0 Å². The summed E-state index contributed by atoms with van der Waals surface area (Å²) in [6.45, 7) is 0.413. The molecule has 24 heavy (non-hydrogen) atoms. The molecule has 2 aliphatic carbocycles. The van der Waals surface area contributed by atoms with Crippen LogP contribution in [0.15, 0.2) is 12.3 Å². The quantitative estimate of drug-likeness (QED) is 0.770. The van der Waals surface area contributed by atoms with Crippen molar-refractivity contribution in [1.29, 1.82) is 0 Å². The smallest absolute Gasteiger partial charge is 0.315 e. The molecule has 7 heteroatoms. The fourth-order valence-corrected chi connectivity index (χ4v) is 3.74. The third-order valence-electron chi connectivity index (χ3n) is 5.20. The Morgan fingerprint density at radius 2 is 1.88 bits per heavy atom. The number of amides is 2. The number of rotatable bonds is 5. The number of carboxylic acid groups (broad SMARTS) is 1. The maximum absolute atomic E-state index is 12.0. The summed E-state index contributed by atoms with van der Waals surface area (Å²) >= 11 is 0. The van der Waals surface area contributed by atoms with E-state index in [2.05, 4.69) is 15.7 Å². The minimum atomic E-state index is -0.726. The lowest BCUT2D eigenvalue weighted by Crippen LogP contribution is -2.43. The minimum Gasteiger partial charge on any atom is -0.481 e. The predicted octanol–water partition coefficient (Wildman–Crippen LogP) is 2.44. The zero-order valence-electron chi connectivity index (χ0n) is 13.9. The Balaban J connectivity index is 1.39. The third kappa shape index (κ3) is 4.27. The van der Waals surface area contributed by atoms with Crippen LogP contribution in [0.4, 0.5) is 4.79 Å². The van der Waals surface area contributed by atoms with Crippen molar-refractivity contribution in [3.8, 4) is 0 Å². The third-order valence-corrected chi connectivity index (χ3v) is 5.20. The van der Waals surface area contributed by atoms with E-state index in [0.29, 0.717) is 25.4 Å². The Hall–Kier alpha value is -2.05. The van der Waals surface area contributed by atoms with Gasteiger partial charge in [0.05, 0.1) is 24.2 Å². The Labute approximate surface area is 141 Å². The molecule has 2 saturated carbocycles.